The Hall–Kier alpha value is -0.900. The maximum atomic E-state index is 5.68. The highest BCUT2D eigenvalue weighted by Crippen LogP contribution is 2.25. The van der Waals surface area contributed by atoms with E-state index < -0.39 is 0 Å². The van der Waals surface area contributed by atoms with Crippen LogP contribution in [0.5, 0.6) is 0 Å². The Morgan fingerprint density at radius 2 is 2.06 bits per heavy atom. The van der Waals surface area contributed by atoms with Gasteiger partial charge in [-0.05, 0) is 35.2 Å². The number of hydrogen-bond donors (Lipinski definition) is 1. The largest absolute Gasteiger partial charge is 0.298 e. The summed E-state index contributed by atoms with van der Waals surface area (Å²) in [4.78, 5) is 5.68. The molecule has 0 bridgehead atoms. The van der Waals surface area contributed by atoms with Gasteiger partial charge in [-0.3, -0.25) is 4.84 Å². The number of hydroxylamine groups is 1. The van der Waals surface area contributed by atoms with Gasteiger partial charge >= 0.3 is 0 Å². The van der Waals surface area contributed by atoms with Crippen LogP contribution in [0.15, 0.2) is 29.6 Å². The third-order valence-corrected chi connectivity index (χ3v) is 4.39. The second-order valence-electron chi connectivity index (χ2n) is 4.60. The summed E-state index contributed by atoms with van der Waals surface area (Å²) < 4.78 is 1.35. The molecule has 1 N–H and O–H groups in total. The van der Waals surface area contributed by atoms with Crippen molar-refractivity contribution in [3.8, 4) is 0 Å². The van der Waals surface area contributed by atoms with E-state index in [2.05, 4.69) is 35.1 Å². The molecule has 0 radical (unpaired) electrons. The SMILES string of the molecule is c1ccc2c(CNOC3CCCC3)csc2c1. The molecule has 1 aromatic carbocycles. The molecule has 0 atom stereocenters. The van der Waals surface area contributed by atoms with Crippen molar-refractivity contribution < 1.29 is 4.84 Å². The lowest BCUT2D eigenvalue weighted by atomic mass is 10.2. The first kappa shape index (κ1) is 11.2. The Balaban J connectivity index is 1.60. The molecule has 1 aromatic heterocycles. The molecule has 1 heterocycles. The maximum Gasteiger partial charge on any atom is 0.0790 e. The van der Waals surface area contributed by atoms with Gasteiger partial charge in [0.1, 0.15) is 0 Å². The summed E-state index contributed by atoms with van der Waals surface area (Å²) in [6, 6.07) is 8.53. The van der Waals surface area contributed by atoms with Crippen LogP contribution in [0, 0.1) is 0 Å². The Labute approximate surface area is 106 Å². The Bertz CT molecular complexity index is 488. The van der Waals surface area contributed by atoms with Gasteiger partial charge in [0.25, 0.3) is 0 Å². The van der Waals surface area contributed by atoms with Crippen molar-refractivity contribution in [3.05, 3.63) is 35.2 Å². The lowest BCUT2D eigenvalue weighted by Crippen LogP contribution is -2.21. The third kappa shape index (κ3) is 2.51. The van der Waals surface area contributed by atoms with Gasteiger partial charge in [-0.1, -0.05) is 31.0 Å². The zero-order chi connectivity index (χ0) is 11.5. The Kier molecular flexibility index (Phi) is 3.41. The highest BCUT2D eigenvalue weighted by atomic mass is 32.1. The second-order valence-corrected chi connectivity index (χ2v) is 5.51. The lowest BCUT2D eigenvalue weighted by molar-refractivity contribution is -0.0242. The van der Waals surface area contributed by atoms with Gasteiger partial charge in [-0.2, -0.15) is 5.48 Å². The summed E-state index contributed by atoms with van der Waals surface area (Å²) in [5.41, 5.74) is 4.47. The van der Waals surface area contributed by atoms with Gasteiger partial charge in [0, 0.05) is 11.2 Å². The fourth-order valence-electron chi connectivity index (χ4n) is 2.41. The van der Waals surface area contributed by atoms with Crippen LogP contribution in [0.2, 0.25) is 0 Å². The van der Waals surface area contributed by atoms with Crippen molar-refractivity contribution >= 4 is 21.4 Å². The van der Waals surface area contributed by atoms with Gasteiger partial charge < -0.3 is 0 Å². The predicted octanol–water partition coefficient (Wildman–Crippen LogP) is 3.87. The zero-order valence-electron chi connectivity index (χ0n) is 9.82. The molecule has 0 amide bonds. The summed E-state index contributed by atoms with van der Waals surface area (Å²) >= 11 is 1.80. The normalized spacial score (nSPS) is 16.9. The fourth-order valence-corrected chi connectivity index (χ4v) is 3.38. The van der Waals surface area contributed by atoms with Crippen molar-refractivity contribution in [1.29, 1.82) is 0 Å². The summed E-state index contributed by atoms with van der Waals surface area (Å²) in [6.07, 6.45) is 5.47. The van der Waals surface area contributed by atoms with Gasteiger partial charge in [-0.15, -0.1) is 11.3 Å². The molecule has 3 heteroatoms. The van der Waals surface area contributed by atoms with Crippen LogP contribution in [0.25, 0.3) is 10.1 Å². The first-order chi connectivity index (χ1) is 8.43. The van der Waals surface area contributed by atoms with E-state index in [0.29, 0.717) is 6.10 Å². The lowest BCUT2D eigenvalue weighted by Gasteiger charge is -2.11. The molecule has 0 saturated heterocycles. The fraction of sp³-hybridized carbons (Fsp3) is 0.429. The molecule has 90 valence electrons. The number of thiophene rings is 1. The van der Waals surface area contributed by atoms with Gasteiger partial charge in [0.15, 0.2) is 0 Å². The zero-order valence-corrected chi connectivity index (χ0v) is 10.6. The Morgan fingerprint density at radius 3 is 2.94 bits per heavy atom. The Morgan fingerprint density at radius 1 is 1.24 bits per heavy atom. The second kappa shape index (κ2) is 5.17. The number of nitrogens with one attached hydrogen (secondary N) is 1. The first-order valence-electron chi connectivity index (χ1n) is 6.27. The van der Waals surface area contributed by atoms with E-state index in [0.717, 1.165) is 6.54 Å². The summed E-state index contributed by atoms with van der Waals surface area (Å²) in [5.74, 6) is 0. The average Bonchev–Trinajstić information content (AvgIpc) is 2.99. The molecule has 2 nitrogen and oxygen atoms in total. The minimum Gasteiger partial charge on any atom is -0.298 e. The van der Waals surface area contributed by atoms with E-state index in [9.17, 15) is 0 Å². The quantitative estimate of drug-likeness (QED) is 0.828. The van der Waals surface area contributed by atoms with E-state index in [1.165, 1.54) is 41.3 Å². The van der Waals surface area contributed by atoms with Crippen LogP contribution in [-0.2, 0) is 11.4 Å². The van der Waals surface area contributed by atoms with Crippen LogP contribution >= 0.6 is 11.3 Å². The minimum atomic E-state index is 0.430. The van der Waals surface area contributed by atoms with Crippen molar-refractivity contribution in [1.82, 2.24) is 5.48 Å². The number of rotatable bonds is 4. The molecule has 0 spiro atoms. The smallest absolute Gasteiger partial charge is 0.0790 e. The molecule has 1 aliphatic rings. The molecule has 17 heavy (non-hydrogen) atoms. The van der Waals surface area contributed by atoms with E-state index in [-0.39, 0.29) is 0 Å². The highest BCUT2D eigenvalue weighted by Gasteiger charge is 2.15. The topological polar surface area (TPSA) is 21.3 Å². The molecule has 2 aromatic rings. The van der Waals surface area contributed by atoms with Crippen molar-refractivity contribution in [2.75, 3.05) is 0 Å². The molecule has 1 aliphatic carbocycles. The highest BCUT2D eigenvalue weighted by molar-refractivity contribution is 7.17. The molecular weight excluding hydrogens is 230 g/mol. The number of fused-ring (bicyclic) bond motifs is 1. The number of benzene rings is 1. The maximum absolute atomic E-state index is 5.68. The van der Waals surface area contributed by atoms with Gasteiger partial charge in [-0.25, -0.2) is 0 Å². The van der Waals surface area contributed by atoms with E-state index in [1.54, 1.807) is 11.3 Å². The first-order valence-corrected chi connectivity index (χ1v) is 7.15. The van der Waals surface area contributed by atoms with Crippen LogP contribution in [0.3, 0.4) is 0 Å². The summed E-state index contributed by atoms with van der Waals surface area (Å²) in [6.45, 7) is 0.806. The van der Waals surface area contributed by atoms with Crippen molar-refractivity contribution in [3.63, 3.8) is 0 Å². The van der Waals surface area contributed by atoms with Crippen LogP contribution in [-0.4, -0.2) is 6.10 Å². The van der Waals surface area contributed by atoms with E-state index in [4.69, 9.17) is 4.84 Å². The molecule has 1 saturated carbocycles. The van der Waals surface area contributed by atoms with Crippen LogP contribution < -0.4 is 5.48 Å². The van der Waals surface area contributed by atoms with Crippen molar-refractivity contribution in [2.45, 2.75) is 38.3 Å². The van der Waals surface area contributed by atoms with E-state index in [1.807, 2.05) is 0 Å². The minimum absolute atomic E-state index is 0.430. The standard InChI is InChI=1S/C14H17NOS/c1-2-6-12(5-1)16-15-9-11-10-17-14-8-4-3-7-13(11)14/h3-4,7-8,10,12,15H,1-2,5-6,9H2. The van der Waals surface area contributed by atoms with Crippen LogP contribution in [0.1, 0.15) is 31.2 Å². The van der Waals surface area contributed by atoms with Crippen molar-refractivity contribution in [2.24, 2.45) is 0 Å². The third-order valence-electron chi connectivity index (χ3n) is 3.38. The monoisotopic (exact) mass is 247 g/mol. The summed E-state index contributed by atoms with van der Waals surface area (Å²) in [5, 5.41) is 3.57. The van der Waals surface area contributed by atoms with Gasteiger partial charge in [0.2, 0.25) is 0 Å². The number of hydrogen-bond acceptors (Lipinski definition) is 3. The molecule has 3 rings (SSSR count). The van der Waals surface area contributed by atoms with Gasteiger partial charge in [0.05, 0.1) is 6.10 Å². The molecular formula is C14H17NOS. The predicted molar refractivity (Wildman–Crippen MR) is 72.0 cm³/mol. The average molecular weight is 247 g/mol. The van der Waals surface area contributed by atoms with E-state index >= 15 is 0 Å². The molecule has 1 fully saturated rings. The van der Waals surface area contributed by atoms with Crippen LogP contribution in [0.4, 0.5) is 0 Å². The molecule has 0 aliphatic heterocycles. The molecule has 0 unspecified atom stereocenters. The summed E-state index contributed by atoms with van der Waals surface area (Å²) in [7, 11) is 0.